The van der Waals surface area contributed by atoms with Gasteiger partial charge in [-0.3, -0.25) is 10.7 Å². The van der Waals surface area contributed by atoms with Gasteiger partial charge in [-0.15, -0.1) is 0 Å². The summed E-state index contributed by atoms with van der Waals surface area (Å²) in [7, 11) is 2.97. The lowest BCUT2D eigenvalue weighted by Crippen LogP contribution is -2.01. The molecule has 6 nitrogen and oxygen atoms in total. The number of nitrogens with one attached hydrogen (secondary N) is 1. The lowest BCUT2D eigenvalue weighted by atomic mass is 10.1. The summed E-state index contributed by atoms with van der Waals surface area (Å²) in [5, 5.41) is 17.3. The number of hydroxylamine groups is 1. The fourth-order valence-electron chi connectivity index (χ4n) is 1.16. The molecule has 0 aliphatic rings. The molecule has 0 heterocycles. The second-order valence-electron chi connectivity index (χ2n) is 2.72. The van der Waals surface area contributed by atoms with Crippen LogP contribution >= 0.6 is 0 Å². The average molecular weight is 221 g/mol. The SMILES string of the molecule is COc1cc(C#N)c(N=CNO)cc1OC. The van der Waals surface area contributed by atoms with Crippen LogP contribution < -0.4 is 15.0 Å². The quantitative estimate of drug-likeness (QED) is 0.453. The molecule has 0 saturated heterocycles. The van der Waals surface area contributed by atoms with Crippen LogP contribution in [0.4, 0.5) is 5.69 Å². The van der Waals surface area contributed by atoms with E-state index in [0.717, 1.165) is 6.34 Å². The molecule has 84 valence electrons. The van der Waals surface area contributed by atoms with E-state index in [4.69, 9.17) is 19.9 Å². The third-order valence-corrected chi connectivity index (χ3v) is 1.88. The third-order valence-electron chi connectivity index (χ3n) is 1.88. The molecular formula is C10H11N3O3. The number of benzene rings is 1. The molecule has 1 aromatic rings. The molecule has 0 spiro atoms. The zero-order valence-electron chi connectivity index (χ0n) is 8.89. The Morgan fingerprint density at radius 1 is 1.38 bits per heavy atom. The van der Waals surface area contributed by atoms with Gasteiger partial charge in [0.2, 0.25) is 0 Å². The van der Waals surface area contributed by atoms with Crippen molar-refractivity contribution in [2.45, 2.75) is 0 Å². The Bertz CT molecular complexity index is 438. The summed E-state index contributed by atoms with van der Waals surface area (Å²) in [4.78, 5) is 3.84. The smallest absolute Gasteiger partial charge is 0.162 e. The molecule has 0 fully saturated rings. The number of hydrogen-bond donors (Lipinski definition) is 2. The molecule has 2 N–H and O–H groups in total. The third kappa shape index (κ3) is 2.40. The molecule has 0 amide bonds. The van der Waals surface area contributed by atoms with Crippen molar-refractivity contribution in [1.29, 1.82) is 5.26 Å². The summed E-state index contributed by atoms with van der Waals surface area (Å²) in [6, 6.07) is 5.04. The van der Waals surface area contributed by atoms with Crippen LogP contribution in [-0.2, 0) is 0 Å². The molecule has 0 unspecified atom stereocenters. The summed E-state index contributed by atoms with van der Waals surface area (Å²) in [5.74, 6) is 0.918. The number of hydrogen-bond acceptors (Lipinski definition) is 5. The van der Waals surface area contributed by atoms with E-state index >= 15 is 0 Å². The van der Waals surface area contributed by atoms with E-state index in [0.29, 0.717) is 22.7 Å². The van der Waals surface area contributed by atoms with Gasteiger partial charge in [0.05, 0.1) is 25.5 Å². The van der Waals surface area contributed by atoms with E-state index in [1.807, 2.05) is 6.07 Å². The van der Waals surface area contributed by atoms with Crippen LogP contribution in [0.3, 0.4) is 0 Å². The molecule has 6 heteroatoms. The van der Waals surface area contributed by atoms with Crippen molar-refractivity contribution in [2.75, 3.05) is 14.2 Å². The maximum absolute atomic E-state index is 8.90. The number of nitriles is 1. The number of rotatable bonds is 4. The van der Waals surface area contributed by atoms with Crippen LogP contribution in [0.5, 0.6) is 11.5 Å². The van der Waals surface area contributed by atoms with Crippen molar-refractivity contribution in [3.05, 3.63) is 17.7 Å². The molecule has 1 aromatic carbocycles. The first-order valence-corrected chi connectivity index (χ1v) is 4.35. The Morgan fingerprint density at radius 2 is 2.00 bits per heavy atom. The normalized spacial score (nSPS) is 9.88. The number of nitrogens with zero attached hydrogens (tertiary/aromatic N) is 2. The van der Waals surface area contributed by atoms with Crippen LogP contribution in [0.2, 0.25) is 0 Å². The molecule has 0 atom stereocenters. The molecule has 0 bridgehead atoms. The van der Waals surface area contributed by atoms with Gasteiger partial charge >= 0.3 is 0 Å². The van der Waals surface area contributed by atoms with Gasteiger partial charge < -0.3 is 9.47 Å². The van der Waals surface area contributed by atoms with Crippen molar-refractivity contribution in [1.82, 2.24) is 5.48 Å². The molecular weight excluding hydrogens is 210 g/mol. The fraction of sp³-hybridized carbons (Fsp3) is 0.200. The van der Waals surface area contributed by atoms with E-state index in [2.05, 4.69) is 4.99 Å². The monoisotopic (exact) mass is 221 g/mol. The largest absolute Gasteiger partial charge is 0.493 e. The van der Waals surface area contributed by atoms with Gasteiger partial charge in [-0.25, -0.2) is 4.99 Å². The van der Waals surface area contributed by atoms with Crippen LogP contribution in [0.25, 0.3) is 0 Å². The Kier molecular flexibility index (Phi) is 4.12. The molecule has 0 aliphatic carbocycles. The van der Waals surface area contributed by atoms with Gasteiger partial charge in [0.1, 0.15) is 12.4 Å². The second-order valence-corrected chi connectivity index (χ2v) is 2.72. The van der Waals surface area contributed by atoms with Gasteiger partial charge in [-0.1, -0.05) is 0 Å². The minimum absolute atomic E-state index is 0.323. The van der Waals surface area contributed by atoms with Gasteiger partial charge in [-0.05, 0) is 0 Å². The van der Waals surface area contributed by atoms with Crippen LogP contribution in [0.1, 0.15) is 5.56 Å². The van der Waals surface area contributed by atoms with E-state index < -0.39 is 0 Å². The predicted octanol–water partition coefficient (Wildman–Crippen LogP) is 1.21. The van der Waals surface area contributed by atoms with Crippen molar-refractivity contribution >= 4 is 12.0 Å². The van der Waals surface area contributed by atoms with Gasteiger partial charge in [0.15, 0.2) is 11.5 Å². The van der Waals surface area contributed by atoms with Gasteiger partial charge in [0, 0.05) is 12.1 Å². The van der Waals surface area contributed by atoms with Gasteiger partial charge in [0.25, 0.3) is 0 Å². The second kappa shape index (κ2) is 5.58. The minimum atomic E-state index is 0.323. The standard InChI is InChI=1S/C10H11N3O3/c1-15-9-3-7(5-11)8(12-6-13-14)4-10(9)16-2/h3-4,6,14H,1-2H3,(H,12,13). The number of methoxy groups -OCH3 is 2. The summed E-state index contributed by atoms with van der Waals surface area (Å²) < 4.78 is 10.1. The molecule has 16 heavy (non-hydrogen) atoms. The number of ether oxygens (including phenoxy) is 2. The molecule has 0 radical (unpaired) electrons. The highest BCUT2D eigenvalue weighted by molar-refractivity contribution is 5.68. The maximum Gasteiger partial charge on any atom is 0.162 e. The summed E-state index contributed by atoms with van der Waals surface area (Å²) in [5.41, 5.74) is 2.46. The Hall–Kier alpha value is -2.26. The van der Waals surface area contributed by atoms with E-state index in [-0.39, 0.29) is 0 Å². The van der Waals surface area contributed by atoms with Crippen molar-refractivity contribution in [3.8, 4) is 17.6 Å². The van der Waals surface area contributed by atoms with Crippen molar-refractivity contribution in [3.63, 3.8) is 0 Å². The molecule has 1 rings (SSSR count). The number of aliphatic imine (C=N–C) groups is 1. The molecule has 0 aliphatic heterocycles. The Labute approximate surface area is 92.7 Å². The first-order chi connectivity index (χ1) is 7.76. The van der Waals surface area contributed by atoms with Crippen molar-refractivity contribution in [2.24, 2.45) is 4.99 Å². The minimum Gasteiger partial charge on any atom is -0.493 e. The summed E-state index contributed by atoms with van der Waals surface area (Å²) >= 11 is 0. The first-order valence-electron chi connectivity index (χ1n) is 4.35. The fourth-order valence-corrected chi connectivity index (χ4v) is 1.16. The summed E-state index contributed by atoms with van der Waals surface area (Å²) in [6.45, 7) is 0. The highest BCUT2D eigenvalue weighted by Crippen LogP contribution is 2.34. The summed E-state index contributed by atoms with van der Waals surface area (Å²) in [6.07, 6.45) is 1.06. The lowest BCUT2D eigenvalue weighted by Gasteiger charge is -2.08. The molecule has 0 aromatic heterocycles. The highest BCUT2D eigenvalue weighted by Gasteiger charge is 2.09. The van der Waals surface area contributed by atoms with Crippen LogP contribution in [-0.4, -0.2) is 25.8 Å². The zero-order valence-corrected chi connectivity index (χ0v) is 8.89. The van der Waals surface area contributed by atoms with E-state index in [1.54, 1.807) is 11.5 Å². The molecule has 0 saturated carbocycles. The average Bonchev–Trinajstić information content (AvgIpc) is 2.35. The van der Waals surface area contributed by atoms with Crippen molar-refractivity contribution < 1.29 is 14.7 Å². The highest BCUT2D eigenvalue weighted by atomic mass is 16.5. The van der Waals surface area contributed by atoms with Crippen LogP contribution in [0, 0.1) is 11.3 Å². The van der Waals surface area contributed by atoms with E-state index in [9.17, 15) is 0 Å². The van der Waals surface area contributed by atoms with Crippen LogP contribution in [0.15, 0.2) is 17.1 Å². The zero-order chi connectivity index (χ0) is 12.0. The first kappa shape index (κ1) is 11.8. The van der Waals surface area contributed by atoms with E-state index in [1.165, 1.54) is 20.3 Å². The predicted molar refractivity (Wildman–Crippen MR) is 57.3 cm³/mol. The maximum atomic E-state index is 8.90. The lowest BCUT2D eigenvalue weighted by molar-refractivity contribution is 0.240. The van der Waals surface area contributed by atoms with Gasteiger partial charge in [-0.2, -0.15) is 5.26 Å². The Morgan fingerprint density at radius 3 is 2.50 bits per heavy atom. The Balaban J connectivity index is 3.27. The topological polar surface area (TPSA) is 86.9 Å².